The summed E-state index contributed by atoms with van der Waals surface area (Å²) in [5.41, 5.74) is 3.34. The highest BCUT2D eigenvalue weighted by atomic mass is 16.2. The number of imide groups is 1. The molecule has 2 aromatic carbocycles. The lowest BCUT2D eigenvalue weighted by Gasteiger charge is -2.36. The van der Waals surface area contributed by atoms with Gasteiger partial charge in [0.05, 0.1) is 11.1 Å². The molecule has 3 amide bonds. The standard InChI is InChI=1S/C23H25N3O3/c1-17-6-4-7-18(16-17)24-12-14-25(15-13-24)21(27)10-5-11-26-22(28)19-8-2-3-9-20(19)23(26)29/h2-4,6-9,16H,5,10-15H2,1H3. The summed E-state index contributed by atoms with van der Waals surface area (Å²) in [6.45, 7) is 5.37. The summed E-state index contributed by atoms with van der Waals surface area (Å²) >= 11 is 0. The Morgan fingerprint density at radius 2 is 1.55 bits per heavy atom. The molecule has 1 saturated heterocycles. The minimum Gasteiger partial charge on any atom is -0.368 e. The molecular formula is C23H25N3O3. The van der Waals surface area contributed by atoms with Crippen LogP contribution < -0.4 is 4.90 Å². The maximum absolute atomic E-state index is 12.6. The highest BCUT2D eigenvalue weighted by Gasteiger charge is 2.34. The smallest absolute Gasteiger partial charge is 0.261 e. The largest absolute Gasteiger partial charge is 0.368 e. The first kappa shape index (κ1) is 19.2. The third-order valence-electron chi connectivity index (χ3n) is 5.65. The molecule has 2 aliphatic rings. The number of amides is 3. The Balaban J connectivity index is 1.25. The van der Waals surface area contributed by atoms with Crippen molar-refractivity contribution in [2.75, 3.05) is 37.6 Å². The quantitative estimate of drug-likeness (QED) is 0.736. The van der Waals surface area contributed by atoms with Gasteiger partial charge in [0.15, 0.2) is 0 Å². The number of aryl methyl sites for hydroxylation is 1. The molecule has 0 aromatic heterocycles. The number of piperazine rings is 1. The second-order valence-corrected chi connectivity index (χ2v) is 7.62. The van der Waals surface area contributed by atoms with E-state index in [4.69, 9.17) is 0 Å². The number of anilines is 1. The number of rotatable bonds is 5. The van der Waals surface area contributed by atoms with Gasteiger partial charge in [0.1, 0.15) is 0 Å². The third-order valence-corrected chi connectivity index (χ3v) is 5.65. The monoisotopic (exact) mass is 391 g/mol. The molecular weight excluding hydrogens is 366 g/mol. The average molecular weight is 391 g/mol. The molecule has 0 aliphatic carbocycles. The molecule has 2 aromatic rings. The van der Waals surface area contributed by atoms with Crippen LogP contribution in [0.2, 0.25) is 0 Å². The van der Waals surface area contributed by atoms with Crippen LogP contribution in [0.1, 0.15) is 39.1 Å². The van der Waals surface area contributed by atoms with Crippen LogP contribution in [0.25, 0.3) is 0 Å². The fraction of sp³-hybridized carbons (Fsp3) is 0.348. The number of hydrogen-bond acceptors (Lipinski definition) is 4. The lowest BCUT2D eigenvalue weighted by molar-refractivity contribution is -0.131. The summed E-state index contributed by atoms with van der Waals surface area (Å²) in [6, 6.07) is 15.3. The van der Waals surface area contributed by atoms with Crippen molar-refractivity contribution in [3.63, 3.8) is 0 Å². The van der Waals surface area contributed by atoms with Gasteiger partial charge in [0, 0.05) is 44.8 Å². The minimum absolute atomic E-state index is 0.0884. The first-order valence-corrected chi connectivity index (χ1v) is 10.1. The summed E-state index contributed by atoms with van der Waals surface area (Å²) in [4.78, 5) is 42.8. The number of nitrogens with zero attached hydrogens (tertiary/aromatic N) is 3. The predicted octanol–water partition coefficient (Wildman–Crippen LogP) is 2.72. The van der Waals surface area contributed by atoms with Crippen LogP contribution in [0.4, 0.5) is 5.69 Å². The summed E-state index contributed by atoms with van der Waals surface area (Å²) in [5, 5.41) is 0. The Morgan fingerprint density at radius 3 is 2.17 bits per heavy atom. The van der Waals surface area contributed by atoms with Crippen LogP contribution in [0, 0.1) is 6.92 Å². The topological polar surface area (TPSA) is 60.9 Å². The van der Waals surface area contributed by atoms with Crippen LogP contribution in [0.3, 0.4) is 0 Å². The van der Waals surface area contributed by atoms with Gasteiger partial charge in [-0.2, -0.15) is 0 Å². The van der Waals surface area contributed by atoms with Crippen molar-refractivity contribution in [3.05, 3.63) is 65.2 Å². The second kappa shape index (κ2) is 8.07. The van der Waals surface area contributed by atoms with Crippen LogP contribution >= 0.6 is 0 Å². The van der Waals surface area contributed by atoms with Gasteiger partial charge in [0.2, 0.25) is 5.91 Å². The molecule has 2 aliphatic heterocycles. The summed E-state index contributed by atoms with van der Waals surface area (Å²) < 4.78 is 0. The molecule has 0 radical (unpaired) electrons. The Labute approximate surface area is 170 Å². The molecule has 4 rings (SSSR count). The van der Waals surface area contributed by atoms with Gasteiger partial charge in [-0.05, 0) is 43.2 Å². The number of benzene rings is 2. The van der Waals surface area contributed by atoms with Gasteiger partial charge >= 0.3 is 0 Å². The third kappa shape index (κ3) is 3.88. The number of fused-ring (bicyclic) bond motifs is 1. The zero-order valence-electron chi connectivity index (χ0n) is 16.6. The Morgan fingerprint density at radius 1 is 0.897 bits per heavy atom. The van der Waals surface area contributed by atoms with Gasteiger partial charge in [-0.3, -0.25) is 19.3 Å². The SMILES string of the molecule is Cc1cccc(N2CCN(C(=O)CCCN3C(=O)c4ccccc4C3=O)CC2)c1. The van der Waals surface area contributed by atoms with Gasteiger partial charge in [-0.1, -0.05) is 24.3 Å². The maximum Gasteiger partial charge on any atom is 0.261 e. The zero-order valence-corrected chi connectivity index (χ0v) is 16.6. The van der Waals surface area contributed by atoms with E-state index in [-0.39, 0.29) is 24.3 Å². The predicted molar refractivity (Wildman–Crippen MR) is 111 cm³/mol. The van der Waals surface area contributed by atoms with Crippen LogP contribution in [-0.2, 0) is 4.79 Å². The number of hydrogen-bond donors (Lipinski definition) is 0. The molecule has 0 N–H and O–H groups in total. The fourth-order valence-corrected chi connectivity index (χ4v) is 4.03. The van der Waals surface area contributed by atoms with E-state index < -0.39 is 0 Å². The Bertz CT molecular complexity index is 913. The normalized spacial score (nSPS) is 16.4. The highest BCUT2D eigenvalue weighted by Crippen LogP contribution is 2.23. The van der Waals surface area contributed by atoms with E-state index in [1.165, 1.54) is 16.2 Å². The summed E-state index contributed by atoms with van der Waals surface area (Å²) in [5.74, 6) is -0.430. The fourth-order valence-electron chi connectivity index (χ4n) is 4.03. The van der Waals surface area contributed by atoms with E-state index in [2.05, 4.69) is 36.1 Å². The molecule has 2 heterocycles. The lowest BCUT2D eigenvalue weighted by Crippen LogP contribution is -2.48. The molecule has 0 atom stereocenters. The van der Waals surface area contributed by atoms with E-state index in [1.807, 2.05) is 4.90 Å². The minimum atomic E-state index is -0.259. The second-order valence-electron chi connectivity index (χ2n) is 7.62. The first-order chi connectivity index (χ1) is 14.0. The van der Waals surface area contributed by atoms with Gasteiger partial charge in [-0.25, -0.2) is 0 Å². The number of carbonyl (C=O) groups is 3. The van der Waals surface area contributed by atoms with Crippen molar-refractivity contribution in [1.82, 2.24) is 9.80 Å². The Kier molecular flexibility index (Phi) is 5.34. The number of carbonyl (C=O) groups excluding carboxylic acids is 3. The molecule has 29 heavy (non-hydrogen) atoms. The van der Waals surface area contributed by atoms with Crippen molar-refractivity contribution in [2.24, 2.45) is 0 Å². The van der Waals surface area contributed by atoms with E-state index in [1.54, 1.807) is 24.3 Å². The van der Waals surface area contributed by atoms with Crippen molar-refractivity contribution in [3.8, 4) is 0 Å². The molecule has 0 bridgehead atoms. The lowest BCUT2D eigenvalue weighted by atomic mass is 10.1. The first-order valence-electron chi connectivity index (χ1n) is 10.1. The van der Waals surface area contributed by atoms with Crippen molar-refractivity contribution in [2.45, 2.75) is 19.8 Å². The maximum atomic E-state index is 12.6. The van der Waals surface area contributed by atoms with Crippen molar-refractivity contribution < 1.29 is 14.4 Å². The van der Waals surface area contributed by atoms with E-state index >= 15 is 0 Å². The molecule has 0 saturated carbocycles. The zero-order chi connectivity index (χ0) is 20.4. The summed E-state index contributed by atoms with van der Waals surface area (Å²) in [6.07, 6.45) is 0.834. The Hall–Kier alpha value is -3.15. The van der Waals surface area contributed by atoms with Gasteiger partial charge in [-0.15, -0.1) is 0 Å². The van der Waals surface area contributed by atoms with Crippen molar-refractivity contribution in [1.29, 1.82) is 0 Å². The highest BCUT2D eigenvalue weighted by molar-refractivity contribution is 6.21. The van der Waals surface area contributed by atoms with Crippen LogP contribution in [0.15, 0.2) is 48.5 Å². The van der Waals surface area contributed by atoms with Gasteiger partial charge in [0.25, 0.3) is 11.8 Å². The molecule has 1 fully saturated rings. The van der Waals surface area contributed by atoms with Gasteiger partial charge < -0.3 is 9.80 Å². The van der Waals surface area contributed by atoms with Crippen molar-refractivity contribution >= 4 is 23.4 Å². The average Bonchev–Trinajstić information content (AvgIpc) is 2.99. The van der Waals surface area contributed by atoms with Crippen LogP contribution in [-0.4, -0.2) is 60.2 Å². The molecule has 150 valence electrons. The van der Waals surface area contributed by atoms with E-state index in [0.717, 1.165) is 13.1 Å². The molecule has 6 nitrogen and oxygen atoms in total. The molecule has 6 heteroatoms. The van der Waals surface area contributed by atoms with E-state index in [9.17, 15) is 14.4 Å². The molecule has 0 unspecified atom stereocenters. The van der Waals surface area contributed by atoms with Crippen LogP contribution in [0.5, 0.6) is 0 Å². The molecule has 0 spiro atoms. The van der Waals surface area contributed by atoms with E-state index in [0.29, 0.717) is 37.1 Å². The summed E-state index contributed by atoms with van der Waals surface area (Å²) in [7, 11) is 0.